The van der Waals surface area contributed by atoms with Crippen LogP contribution in [0.3, 0.4) is 0 Å². The van der Waals surface area contributed by atoms with E-state index in [1.54, 1.807) is 30.2 Å². The van der Waals surface area contributed by atoms with Crippen molar-refractivity contribution < 1.29 is 12.8 Å². The first-order chi connectivity index (χ1) is 11.3. The van der Waals surface area contributed by atoms with Crippen molar-refractivity contribution in [3.63, 3.8) is 0 Å². The molecule has 1 aromatic carbocycles. The maximum absolute atomic E-state index is 13.2. The van der Waals surface area contributed by atoms with Gasteiger partial charge >= 0.3 is 0 Å². The second kappa shape index (κ2) is 6.00. The molecule has 0 amide bonds. The topological polar surface area (TPSA) is 89.8 Å². The van der Waals surface area contributed by atoms with Crippen LogP contribution in [0, 0.1) is 12.7 Å². The largest absolute Gasteiger partial charge is 0.275 e. The maximum Gasteiger partial charge on any atom is 0.264 e. The van der Waals surface area contributed by atoms with E-state index < -0.39 is 15.8 Å². The summed E-state index contributed by atoms with van der Waals surface area (Å²) in [5, 5.41) is 4.05. The van der Waals surface area contributed by atoms with Gasteiger partial charge in [0, 0.05) is 25.0 Å². The molecule has 0 aliphatic heterocycles. The van der Waals surface area contributed by atoms with Gasteiger partial charge in [0.15, 0.2) is 0 Å². The minimum Gasteiger partial charge on any atom is -0.275 e. The summed E-state index contributed by atoms with van der Waals surface area (Å²) in [6.07, 6.45) is 4.82. The highest BCUT2D eigenvalue weighted by Gasteiger charge is 2.19. The Hall–Kier alpha value is -2.81. The molecule has 9 heteroatoms. The van der Waals surface area contributed by atoms with Gasteiger partial charge in [0.05, 0.1) is 16.8 Å². The highest BCUT2D eigenvalue weighted by Crippen LogP contribution is 2.20. The minimum absolute atomic E-state index is 0.0284. The average molecular weight is 347 g/mol. The molecule has 124 valence electrons. The Morgan fingerprint density at radius 3 is 2.71 bits per heavy atom. The Morgan fingerprint density at radius 2 is 2.04 bits per heavy atom. The predicted octanol–water partition coefficient (Wildman–Crippen LogP) is 2.13. The smallest absolute Gasteiger partial charge is 0.264 e. The molecule has 0 atom stereocenters. The number of halogens is 1. The highest BCUT2D eigenvalue weighted by atomic mass is 32.2. The molecule has 0 unspecified atom stereocenters. The molecule has 3 rings (SSSR count). The van der Waals surface area contributed by atoms with Crippen molar-refractivity contribution in [1.29, 1.82) is 0 Å². The third-order valence-electron chi connectivity index (χ3n) is 3.31. The Bertz CT molecular complexity index is 1000. The van der Waals surface area contributed by atoms with Crippen LogP contribution in [0.25, 0.3) is 11.3 Å². The van der Waals surface area contributed by atoms with E-state index in [2.05, 4.69) is 19.8 Å². The average Bonchev–Trinajstić information content (AvgIpc) is 2.93. The molecule has 0 radical (unpaired) electrons. The lowest BCUT2D eigenvalue weighted by molar-refractivity contribution is 0.598. The summed E-state index contributed by atoms with van der Waals surface area (Å²) in [7, 11) is -2.15. The number of nitrogens with one attached hydrogen (secondary N) is 1. The van der Waals surface area contributed by atoms with Crippen molar-refractivity contribution in [2.45, 2.75) is 11.8 Å². The molecule has 7 nitrogen and oxygen atoms in total. The number of rotatable bonds is 4. The SMILES string of the molecule is Cc1cc(F)ccc1S(=O)(=O)Nc1nccc(-c2cnn(C)c2)n1. The fourth-order valence-electron chi connectivity index (χ4n) is 2.21. The van der Waals surface area contributed by atoms with Gasteiger partial charge in [-0.05, 0) is 36.8 Å². The van der Waals surface area contributed by atoms with E-state index in [0.29, 0.717) is 11.3 Å². The standard InChI is InChI=1S/C15H14FN5O2S/c1-10-7-12(16)3-4-14(10)24(22,23)20-15-17-6-5-13(19-15)11-8-18-21(2)9-11/h3-9H,1-2H3,(H,17,19,20). The Morgan fingerprint density at radius 1 is 1.25 bits per heavy atom. The molecular weight excluding hydrogens is 333 g/mol. The fraction of sp³-hybridized carbons (Fsp3) is 0.133. The van der Waals surface area contributed by atoms with Crippen molar-refractivity contribution in [2.24, 2.45) is 7.05 Å². The zero-order valence-electron chi connectivity index (χ0n) is 12.9. The molecule has 0 spiro atoms. The lowest BCUT2D eigenvalue weighted by Gasteiger charge is -2.09. The van der Waals surface area contributed by atoms with E-state index in [4.69, 9.17) is 0 Å². The van der Waals surface area contributed by atoms with E-state index in [1.807, 2.05) is 0 Å². The van der Waals surface area contributed by atoms with Crippen molar-refractivity contribution in [3.05, 3.63) is 54.2 Å². The Labute approximate surface area is 138 Å². The van der Waals surface area contributed by atoms with E-state index in [0.717, 1.165) is 17.7 Å². The number of aromatic nitrogens is 4. The van der Waals surface area contributed by atoms with Gasteiger partial charge in [-0.15, -0.1) is 0 Å². The predicted molar refractivity (Wildman–Crippen MR) is 86.2 cm³/mol. The molecule has 1 N–H and O–H groups in total. The van der Waals surface area contributed by atoms with Crippen LogP contribution < -0.4 is 4.72 Å². The number of nitrogens with zero attached hydrogens (tertiary/aromatic N) is 4. The summed E-state index contributed by atoms with van der Waals surface area (Å²) in [6, 6.07) is 5.10. The second-order valence-electron chi connectivity index (χ2n) is 5.18. The van der Waals surface area contributed by atoms with Crippen molar-refractivity contribution >= 4 is 16.0 Å². The fourth-order valence-corrected chi connectivity index (χ4v) is 3.39. The van der Waals surface area contributed by atoms with Gasteiger partial charge in [0.2, 0.25) is 5.95 Å². The van der Waals surface area contributed by atoms with E-state index in [1.165, 1.54) is 19.2 Å². The summed E-state index contributed by atoms with van der Waals surface area (Å²) < 4.78 is 42.0. The summed E-state index contributed by atoms with van der Waals surface area (Å²) in [5.41, 5.74) is 1.57. The number of anilines is 1. The van der Waals surface area contributed by atoms with E-state index in [-0.39, 0.29) is 10.8 Å². The van der Waals surface area contributed by atoms with Crippen LogP contribution in [-0.4, -0.2) is 28.2 Å². The summed E-state index contributed by atoms with van der Waals surface area (Å²) in [4.78, 5) is 8.08. The molecule has 2 aromatic heterocycles. The molecule has 3 aromatic rings. The quantitative estimate of drug-likeness (QED) is 0.781. The molecule has 0 aliphatic carbocycles. The van der Waals surface area contributed by atoms with Crippen molar-refractivity contribution in [2.75, 3.05) is 4.72 Å². The summed E-state index contributed by atoms with van der Waals surface area (Å²) >= 11 is 0. The van der Waals surface area contributed by atoms with Gasteiger partial charge < -0.3 is 0 Å². The number of aryl methyl sites for hydroxylation is 2. The molecule has 0 saturated carbocycles. The number of benzene rings is 1. The van der Waals surface area contributed by atoms with Crippen LogP contribution in [-0.2, 0) is 17.1 Å². The van der Waals surface area contributed by atoms with Crippen LogP contribution in [0.4, 0.5) is 10.3 Å². The van der Waals surface area contributed by atoms with Crippen LogP contribution in [0.15, 0.2) is 47.8 Å². The van der Waals surface area contributed by atoms with Gasteiger partial charge in [-0.3, -0.25) is 4.68 Å². The summed E-state index contributed by atoms with van der Waals surface area (Å²) in [6.45, 7) is 1.52. The van der Waals surface area contributed by atoms with Crippen LogP contribution in [0.5, 0.6) is 0 Å². The third kappa shape index (κ3) is 3.25. The zero-order valence-corrected chi connectivity index (χ0v) is 13.7. The third-order valence-corrected chi connectivity index (χ3v) is 4.80. The molecule has 0 saturated heterocycles. The van der Waals surface area contributed by atoms with Crippen LogP contribution >= 0.6 is 0 Å². The normalized spacial score (nSPS) is 11.5. The highest BCUT2D eigenvalue weighted by molar-refractivity contribution is 7.92. The van der Waals surface area contributed by atoms with Crippen LogP contribution in [0.2, 0.25) is 0 Å². The van der Waals surface area contributed by atoms with E-state index >= 15 is 0 Å². The van der Waals surface area contributed by atoms with Crippen LogP contribution in [0.1, 0.15) is 5.56 Å². The molecular formula is C15H14FN5O2S. The lowest BCUT2D eigenvalue weighted by atomic mass is 10.2. The molecule has 0 fully saturated rings. The van der Waals surface area contributed by atoms with Gasteiger partial charge in [-0.25, -0.2) is 27.5 Å². The number of hydrogen-bond acceptors (Lipinski definition) is 5. The molecule has 24 heavy (non-hydrogen) atoms. The lowest BCUT2D eigenvalue weighted by Crippen LogP contribution is -2.16. The monoisotopic (exact) mass is 347 g/mol. The van der Waals surface area contributed by atoms with E-state index in [9.17, 15) is 12.8 Å². The van der Waals surface area contributed by atoms with Crippen molar-refractivity contribution in [3.8, 4) is 11.3 Å². The van der Waals surface area contributed by atoms with Gasteiger partial charge in [-0.1, -0.05) is 0 Å². The Kier molecular flexibility index (Phi) is 4.02. The molecule has 0 bridgehead atoms. The first-order valence-electron chi connectivity index (χ1n) is 6.96. The zero-order chi connectivity index (χ0) is 17.3. The number of sulfonamides is 1. The van der Waals surface area contributed by atoms with Gasteiger partial charge in [0.1, 0.15) is 5.82 Å². The maximum atomic E-state index is 13.2. The van der Waals surface area contributed by atoms with Gasteiger partial charge in [0.25, 0.3) is 10.0 Å². The molecule has 0 aliphatic rings. The second-order valence-corrected chi connectivity index (χ2v) is 6.83. The van der Waals surface area contributed by atoms with Gasteiger partial charge in [-0.2, -0.15) is 5.10 Å². The first kappa shape index (κ1) is 16.1. The number of hydrogen-bond donors (Lipinski definition) is 1. The Balaban J connectivity index is 1.93. The first-order valence-corrected chi connectivity index (χ1v) is 8.44. The minimum atomic E-state index is -3.92. The summed E-state index contributed by atoms with van der Waals surface area (Å²) in [5.74, 6) is -0.568. The molecule has 2 heterocycles. The van der Waals surface area contributed by atoms with Crippen molar-refractivity contribution in [1.82, 2.24) is 19.7 Å².